The van der Waals surface area contributed by atoms with Crippen LogP contribution in [0.2, 0.25) is 5.02 Å². The van der Waals surface area contributed by atoms with E-state index in [1.54, 1.807) is 0 Å². The number of carbonyl (C=O) groups is 1. The van der Waals surface area contributed by atoms with Crippen molar-refractivity contribution in [2.45, 2.75) is 45.7 Å². The number of aliphatic hydroxyl groups excluding tert-OH is 1. The van der Waals surface area contributed by atoms with Gasteiger partial charge in [-0.2, -0.15) is 0 Å². The fourth-order valence-corrected chi connectivity index (χ4v) is 4.61. The van der Waals surface area contributed by atoms with E-state index < -0.39 is 5.97 Å². The van der Waals surface area contributed by atoms with Crippen molar-refractivity contribution in [2.24, 2.45) is 5.92 Å². The second-order valence-corrected chi connectivity index (χ2v) is 10.2. The molecule has 0 bridgehead atoms. The van der Waals surface area contributed by atoms with Gasteiger partial charge in [0.1, 0.15) is 17.1 Å². The Balaban J connectivity index is 1.73. The molecule has 1 atom stereocenters. The van der Waals surface area contributed by atoms with Crippen molar-refractivity contribution in [3.63, 3.8) is 0 Å². The molecule has 38 heavy (non-hydrogen) atoms. The van der Waals surface area contributed by atoms with Crippen molar-refractivity contribution >= 4 is 34.6 Å². The summed E-state index contributed by atoms with van der Waals surface area (Å²) >= 11 is 6.14. The van der Waals surface area contributed by atoms with Crippen LogP contribution < -0.4 is 10.1 Å². The number of nitrogens with one attached hydrogen (secondary N) is 1. The zero-order chi connectivity index (χ0) is 26.8. The maximum atomic E-state index is 11.9. The van der Waals surface area contributed by atoms with Gasteiger partial charge in [-0.25, -0.2) is 19.7 Å². The summed E-state index contributed by atoms with van der Waals surface area (Å²) in [5.74, 6) is 0.625. The first kappa shape index (κ1) is 25.9. The third-order valence-corrected chi connectivity index (χ3v) is 6.93. The predicted molar refractivity (Wildman–Crippen MR) is 146 cm³/mol. The lowest BCUT2D eigenvalue weighted by Crippen LogP contribution is -2.20. The molecule has 0 amide bonds. The molecular formula is C28H30ClN5O4. The second-order valence-electron chi connectivity index (χ2n) is 9.72. The Morgan fingerprint density at radius 1 is 1.18 bits per heavy atom. The minimum atomic E-state index is -1.22. The minimum absolute atomic E-state index is 0.0258. The summed E-state index contributed by atoms with van der Waals surface area (Å²) < 4.78 is 8.02. The Hall–Kier alpha value is -3.69. The summed E-state index contributed by atoms with van der Waals surface area (Å²) in [5.41, 5.74) is 3.64. The predicted octanol–water partition coefficient (Wildman–Crippen LogP) is 5.17. The number of aromatic carboxylic acids is 1. The van der Waals surface area contributed by atoms with Crippen molar-refractivity contribution in [3.8, 4) is 17.1 Å². The van der Waals surface area contributed by atoms with Gasteiger partial charge in [-0.05, 0) is 62.4 Å². The van der Waals surface area contributed by atoms with E-state index in [0.29, 0.717) is 53.4 Å². The van der Waals surface area contributed by atoms with Crippen LogP contribution >= 0.6 is 11.6 Å². The number of carboxylic acids is 1. The monoisotopic (exact) mass is 535 g/mol. The number of halogens is 1. The number of ether oxygens (including phenoxy) is 1. The summed E-state index contributed by atoms with van der Waals surface area (Å²) in [5, 5.41) is 23.1. The van der Waals surface area contributed by atoms with Gasteiger partial charge in [0.05, 0.1) is 12.2 Å². The van der Waals surface area contributed by atoms with Crippen LogP contribution in [0.25, 0.3) is 22.6 Å². The van der Waals surface area contributed by atoms with Crippen molar-refractivity contribution in [1.82, 2.24) is 19.5 Å². The van der Waals surface area contributed by atoms with E-state index >= 15 is 0 Å². The van der Waals surface area contributed by atoms with Crippen molar-refractivity contribution in [1.29, 1.82) is 0 Å². The van der Waals surface area contributed by atoms with Crippen LogP contribution in [0.3, 0.4) is 0 Å². The highest BCUT2D eigenvalue weighted by Gasteiger charge is 2.30. The van der Waals surface area contributed by atoms with Gasteiger partial charge in [-0.1, -0.05) is 35.4 Å². The van der Waals surface area contributed by atoms with Crippen molar-refractivity contribution in [3.05, 3.63) is 64.4 Å². The third kappa shape index (κ3) is 5.58. The Bertz CT molecular complexity index is 1470. The van der Waals surface area contributed by atoms with E-state index in [2.05, 4.69) is 22.2 Å². The molecule has 1 saturated carbocycles. The molecule has 1 fully saturated rings. The molecule has 5 rings (SSSR count). The van der Waals surface area contributed by atoms with Gasteiger partial charge >= 0.3 is 5.97 Å². The zero-order valence-electron chi connectivity index (χ0n) is 21.3. The number of aliphatic hydroxyl groups is 1. The molecule has 0 spiro atoms. The van der Waals surface area contributed by atoms with Crippen molar-refractivity contribution in [2.75, 3.05) is 18.5 Å². The molecule has 2 aromatic heterocycles. The van der Waals surface area contributed by atoms with Crippen molar-refractivity contribution < 1.29 is 19.7 Å². The number of nitrogens with zero attached hydrogens (tertiary/aromatic N) is 4. The highest BCUT2D eigenvalue weighted by atomic mass is 35.5. The fourth-order valence-electron chi connectivity index (χ4n) is 4.49. The Morgan fingerprint density at radius 3 is 2.63 bits per heavy atom. The molecule has 0 unspecified atom stereocenters. The second kappa shape index (κ2) is 11.0. The van der Waals surface area contributed by atoms with Crippen LogP contribution in [0.1, 0.15) is 47.9 Å². The quantitative estimate of drug-likeness (QED) is 0.225. The third-order valence-electron chi connectivity index (χ3n) is 6.68. The Kier molecular flexibility index (Phi) is 7.49. The molecule has 0 aliphatic heterocycles. The molecule has 2 aromatic carbocycles. The molecule has 0 radical (unpaired) electrons. The molecule has 10 heteroatoms. The molecule has 9 nitrogen and oxygen atoms in total. The van der Waals surface area contributed by atoms with Crippen LogP contribution in [-0.4, -0.2) is 55.0 Å². The standard InChI is InChI=1S/C28H30ClN5O4/c1-16-4-11-22(38-13-3-12-35)21(14-16)27-33-25-23(34(27)15-18-5-9-20(29)10-6-18)24(30-17(2)19-7-8-19)31-26(32-25)28(36)37/h4-6,9-11,14,17,19,35H,3,7-8,12-13,15H2,1-2H3,(H,36,37)(H,30,31,32)/t17-/m1/s1. The van der Waals surface area contributed by atoms with E-state index in [1.165, 1.54) is 0 Å². The molecule has 2 heterocycles. The van der Waals surface area contributed by atoms with Crippen LogP contribution in [0.5, 0.6) is 5.75 Å². The zero-order valence-corrected chi connectivity index (χ0v) is 22.1. The lowest BCUT2D eigenvalue weighted by atomic mass is 10.1. The smallest absolute Gasteiger partial charge is 0.374 e. The van der Waals surface area contributed by atoms with E-state index in [4.69, 9.17) is 21.3 Å². The number of aromatic nitrogens is 4. The first-order valence-corrected chi connectivity index (χ1v) is 13.1. The molecule has 4 aromatic rings. The van der Waals surface area contributed by atoms with Crippen LogP contribution in [0.4, 0.5) is 5.82 Å². The molecule has 3 N–H and O–H groups in total. The summed E-state index contributed by atoms with van der Waals surface area (Å²) in [6.45, 7) is 4.87. The van der Waals surface area contributed by atoms with Gasteiger partial charge in [0.25, 0.3) is 0 Å². The number of carboxylic acid groups (broad SMARTS) is 1. The molecule has 198 valence electrons. The molecule has 1 aliphatic rings. The summed E-state index contributed by atoms with van der Waals surface area (Å²) in [6.07, 6.45) is 2.75. The number of benzene rings is 2. The number of hydrogen-bond donors (Lipinski definition) is 3. The highest BCUT2D eigenvalue weighted by molar-refractivity contribution is 6.30. The SMILES string of the molecule is Cc1ccc(OCCCO)c(-c2nc3nc(C(=O)O)nc(N[C@H](C)C4CC4)c3n2Cc2ccc(Cl)cc2)c1. The van der Waals surface area contributed by atoms with Gasteiger partial charge in [-0.3, -0.25) is 0 Å². The highest BCUT2D eigenvalue weighted by Crippen LogP contribution is 2.37. The lowest BCUT2D eigenvalue weighted by Gasteiger charge is -2.17. The van der Waals surface area contributed by atoms with Gasteiger partial charge in [0, 0.05) is 30.6 Å². The summed E-state index contributed by atoms with van der Waals surface area (Å²) in [4.78, 5) is 25.5. The number of fused-ring (bicyclic) bond motifs is 1. The van der Waals surface area contributed by atoms with Gasteiger partial charge in [0.2, 0.25) is 5.82 Å². The number of rotatable bonds is 11. The first-order valence-electron chi connectivity index (χ1n) is 12.7. The van der Waals surface area contributed by atoms with Gasteiger partial charge < -0.3 is 24.8 Å². The summed E-state index contributed by atoms with van der Waals surface area (Å²) in [6, 6.07) is 13.5. The Morgan fingerprint density at radius 2 is 1.95 bits per heavy atom. The van der Waals surface area contributed by atoms with Crippen LogP contribution in [-0.2, 0) is 6.54 Å². The molecule has 0 saturated heterocycles. The number of imidazole rings is 1. The largest absolute Gasteiger partial charge is 0.493 e. The van der Waals surface area contributed by atoms with Gasteiger partial charge in [-0.15, -0.1) is 0 Å². The Labute approximate surface area is 225 Å². The fraction of sp³-hybridized carbons (Fsp3) is 0.357. The molecule has 1 aliphatic carbocycles. The number of aryl methyl sites for hydroxylation is 1. The lowest BCUT2D eigenvalue weighted by molar-refractivity contribution is 0.0684. The van der Waals surface area contributed by atoms with E-state index in [9.17, 15) is 15.0 Å². The average Bonchev–Trinajstić information content (AvgIpc) is 3.68. The number of hydrogen-bond acceptors (Lipinski definition) is 7. The topological polar surface area (TPSA) is 122 Å². The van der Waals surface area contributed by atoms with Gasteiger partial charge in [0.15, 0.2) is 11.5 Å². The van der Waals surface area contributed by atoms with Crippen LogP contribution in [0, 0.1) is 12.8 Å². The average molecular weight is 536 g/mol. The van der Waals surface area contributed by atoms with E-state index in [0.717, 1.165) is 29.5 Å². The first-order chi connectivity index (χ1) is 18.3. The maximum absolute atomic E-state index is 11.9. The van der Waals surface area contributed by atoms with Crippen LogP contribution in [0.15, 0.2) is 42.5 Å². The summed E-state index contributed by atoms with van der Waals surface area (Å²) in [7, 11) is 0. The number of anilines is 1. The minimum Gasteiger partial charge on any atom is -0.493 e. The molecular weight excluding hydrogens is 506 g/mol. The van der Waals surface area contributed by atoms with E-state index in [1.807, 2.05) is 54.0 Å². The normalized spacial score (nSPS) is 14.0. The maximum Gasteiger partial charge on any atom is 0.374 e. The van der Waals surface area contributed by atoms with E-state index in [-0.39, 0.29) is 24.1 Å².